The Kier molecular flexibility index (Phi) is 4.78. The Labute approximate surface area is 117 Å². The second-order valence-electron chi connectivity index (χ2n) is 4.66. The average Bonchev–Trinajstić information content (AvgIpc) is 2.40. The number of halogens is 1. The number of carbonyl (C=O) groups excluding carboxylic acids is 1. The number of piperazine rings is 1. The molecule has 0 saturated carbocycles. The Balaban J connectivity index is 2.03. The maximum atomic E-state index is 10.7. The van der Waals surface area contributed by atoms with E-state index in [-0.39, 0.29) is 0 Å². The van der Waals surface area contributed by atoms with Gasteiger partial charge in [0.2, 0.25) is 0 Å². The fourth-order valence-corrected chi connectivity index (χ4v) is 3.03. The van der Waals surface area contributed by atoms with Gasteiger partial charge in [0.15, 0.2) is 0 Å². The molecule has 0 bridgehead atoms. The number of hydrogen-bond donors (Lipinski definition) is 0. The number of aldehydes is 1. The highest BCUT2D eigenvalue weighted by molar-refractivity contribution is 9.10. The van der Waals surface area contributed by atoms with Gasteiger partial charge in [-0.2, -0.15) is 0 Å². The summed E-state index contributed by atoms with van der Waals surface area (Å²) in [5, 5.41) is 0. The van der Waals surface area contributed by atoms with Gasteiger partial charge in [0.05, 0.1) is 5.69 Å². The molecular formula is C14H19BrN2O. The van der Waals surface area contributed by atoms with Crippen molar-refractivity contribution in [2.75, 3.05) is 37.6 Å². The zero-order valence-corrected chi connectivity index (χ0v) is 12.3. The largest absolute Gasteiger partial charge is 0.368 e. The molecule has 0 amide bonds. The second-order valence-corrected chi connectivity index (χ2v) is 5.51. The van der Waals surface area contributed by atoms with E-state index in [1.807, 2.05) is 18.2 Å². The molecule has 0 spiro atoms. The van der Waals surface area contributed by atoms with Crippen molar-refractivity contribution in [3.63, 3.8) is 0 Å². The summed E-state index contributed by atoms with van der Waals surface area (Å²) in [4.78, 5) is 15.6. The quantitative estimate of drug-likeness (QED) is 0.799. The molecular weight excluding hydrogens is 292 g/mol. The predicted octanol–water partition coefficient (Wildman–Crippen LogP) is 2.79. The SMILES string of the molecule is CCCN1CCN(c2ccc(C=O)cc2Br)CC1. The first kappa shape index (κ1) is 13.6. The summed E-state index contributed by atoms with van der Waals surface area (Å²) in [6, 6.07) is 5.80. The Bertz CT molecular complexity index is 414. The topological polar surface area (TPSA) is 23.6 Å². The Morgan fingerprint density at radius 3 is 2.56 bits per heavy atom. The molecule has 0 radical (unpaired) electrons. The molecule has 2 rings (SSSR count). The van der Waals surface area contributed by atoms with Gasteiger partial charge in [-0.05, 0) is 47.1 Å². The molecule has 3 nitrogen and oxygen atoms in total. The van der Waals surface area contributed by atoms with Gasteiger partial charge in [-0.1, -0.05) is 6.92 Å². The lowest BCUT2D eigenvalue weighted by Crippen LogP contribution is -2.46. The molecule has 1 heterocycles. The molecule has 0 aliphatic carbocycles. The van der Waals surface area contributed by atoms with Crippen LogP contribution in [0.3, 0.4) is 0 Å². The van der Waals surface area contributed by atoms with Gasteiger partial charge in [-0.3, -0.25) is 9.69 Å². The van der Waals surface area contributed by atoms with Crippen LogP contribution in [0.25, 0.3) is 0 Å². The van der Waals surface area contributed by atoms with E-state index in [9.17, 15) is 4.79 Å². The van der Waals surface area contributed by atoms with Crippen LogP contribution in [0, 0.1) is 0 Å². The van der Waals surface area contributed by atoms with E-state index in [2.05, 4.69) is 32.7 Å². The third-order valence-corrected chi connectivity index (χ3v) is 4.00. The number of carbonyl (C=O) groups is 1. The lowest BCUT2D eigenvalue weighted by Gasteiger charge is -2.36. The van der Waals surface area contributed by atoms with Crippen LogP contribution in [0.2, 0.25) is 0 Å². The van der Waals surface area contributed by atoms with Crippen molar-refractivity contribution in [2.24, 2.45) is 0 Å². The van der Waals surface area contributed by atoms with Crippen molar-refractivity contribution in [3.8, 4) is 0 Å². The molecule has 0 N–H and O–H groups in total. The normalized spacial score (nSPS) is 16.9. The van der Waals surface area contributed by atoms with Crippen LogP contribution in [0.15, 0.2) is 22.7 Å². The number of nitrogens with zero attached hydrogens (tertiary/aromatic N) is 2. The van der Waals surface area contributed by atoms with E-state index in [4.69, 9.17) is 0 Å². The molecule has 1 aliphatic rings. The summed E-state index contributed by atoms with van der Waals surface area (Å²) < 4.78 is 1.01. The third-order valence-electron chi connectivity index (χ3n) is 3.36. The van der Waals surface area contributed by atoms with Crippen LogP contribution in [-0.4, -0.2) is 43.9 Å². The smallest absolute Gasteiger partial charge is 0.150 e. The third kappa shape index (κ3) is 3.12. The van der Waals surface area contributed by atoms with Gasteiger partial charge in [0.25, 0.3) is 0 Å². The van der Waals surface area contributed by atoms with E-state index in [0.29, 0.717) is 0 Å². The fourth-order valence-electron chi connectivity index (χ4n) is 2.38. The molecule has 1 fully saturated rings. The standard InChI is InChI=1S/C14H19BrN2O/c1-2-5-16-6-8-17(9-7-16)14-4-3-12(11-18)10-13(14)15/h3-4,10-11H,2,5-9H2,1H3. The van der Waals surface area contributed by atoms with Crippen molar-refractivity contribution in [1.29, 1.82) is 0 Å². The Morgan fingerprint density at radius 2 is 2.00 bits per heavy atom. The van der Waals surface area contributed by atoms with E-state index in [1.165, 1.54) is 18.7 Å². The lowest BCUT2D eigenvalue weighted by atomic mass is 10.2. The molecule has 1 aliphatic heterocycles. The molecule has 0 unspecified atom stereocenters. The number of anilines is 1. The Hall–Kier alpha value is -0.870. The molecule has 18 heavy (non-hydrogen) atoms. The molecule has 98 valence electrons. The first-order valence-electron chi connectivity index (χ1n) is 6.46. The van der Waals surface area contributed by atoms with Crippen LogP contribution >= 0.6 is 15.9 Å². The molecule has 0 atom stereocenters. The highest BCUT2D eigenvalue weighted by atomic mass is 79.9. The minimum atomic E-state index is 0.718. The van der Waals surface area contributed by atoms with Crippen molar-refractivity contribution in [1.82, 2.24) is 4.90 Å². The van der Waals surface area contributed by atoms with Crippen LogP contribution < -0.4 is 4.90 Å². The van der Waals surface area contributed by atoms with Crippen LogP contribution in [0.4, 0.5) is 5.69 Å². The van der Waals surface area contributed by atoms with Gasteiger partial charge in [0.1, 0.15) is 6.29 Å². The van der Waals surface area contributed by atoms with Crippen molar-refractivity contribution < 1.29 is 4.79 Å². The molecule has 4 heteroatoms. The summed E-state index contributed by atoms with van der Waals surface area (Å²) in [5.41, 5.74) is 1.91. The monoisotopic (exact) mass is 310 g/mol. The van der Waals surface area contributed by atoms with Crippen molar-refractivity contribution >= 4 is 27.9 Å². The first-order valence-corrected chi connectivity index (χ1v) is 7.26. The summed E-state index contributed by atoms with van der Waals surface area (Å²) in [6.07, 6.45) is 2.10. The predicted molar refractivity (Wildman–Crippen MR) is 78.5 cm³/mol. The second kappa shape index (κ2) is 6.34. The van der Waals surface area contributed by atoms with Crippen LogP contribution in [0.1, 0.15) is 23.7 Å². The van der Waals surface area contributed by atoms with Gasteiger partial charge in [-0.15, -0.1) is 0 Å². The van der Waals surface area contributed by atoms with Gasteiger partial charge < -0.3 is 4.90 Å². The lowest BCUT2D eigenvalue weighted by molar-refractivity contribution is 0.112. The number of hydrogen-bond acceptors (Lipinski definition) is 3. The molecule has 0 aromatic heterocycles. The zero-order chi connectivity index (χ0) is 13.0. The number of rotatable bonds is 4. The van der Waals surface area contributed by atoms with Crippen molar-refractivity contribution in [3.05, 3.63) is 28.2 Å². The van der Waals surface area contributed by atoms with Gasteiger partial charge in [-0.25, -0.2) is 0 Å². The summed E-state index contributed by atoms with van der Waals surface area (Å²) in [7, 11) is 0. The highest BCUT2D eigenvalue weighted by Crippen LogP contribution is 2.27. The minimum absolute atomic E-state index is 0.718. The number of benzene rings is 1. The highest BCUT2D eigenvalue weighted by Gasteiger charge is 2.18. The zero-order valence-electron chi connectivity index (χ0n) is 10.7. The van der Waals surface area contributed by atoms with Gasteiger partial charge in [0, 0.05) is 36.2 Å². The van der Waals surface area contributed by atoms with Crippen LogP contribution in [-0.2, 0) is 0 Å². The van der Waals surface area contributed by atoms with E-state index >= 15 is 0 Å². The fraction of sp³-hybridized carbons (Fsp3) is 0.500. The molecule has 1 saturated heterocycles. The summed E-state index contributed by atoms with van der Waals surface area (Å²) >= 11 is 3.56. The van der Waals surface area contributed by atoms with Crippen LogP contribution in [0.5, 0.6) is 0 Å². The van der Waals surface area contributed by atoms with E-state index in [0.717, 1.165) is 42.5 Å². The van der Waals surface area contributed by atoms with Crippen molar-refractivity contribution in [2.45, 2.75) is 13.3 Å². The maximum Gasteiger partial charge on any atom is 0.150 e. The summed E-state index contributed by atoms with van der Waals surface area (Å²) in [6.45, 7) is 7.77. The van der Waals surface area contributed by atoms with E-state index in [1.54, 1.807) is 0 Å². The first-order chi connectivity index (χ1) is 8.74. The van der Waals surface area contributed by atoms with E-state index < -0.39 is 0 Å². The maximum absolute atomic E-state index is 10.7. The Morgan fingerprint density at radius 1 is 1.28 bits per heavy atom. The molecule has 1 aromatic carbocycles. The minimum Gasteiger partial charge on any atom is -0.368 e. The average molecular weight is 311 g/mol. The molecule has 1 aromatic rings. The van der Waals surface area contributed by atoms with Gasteiger partial charge >= 0.3 is 0 Å². The summed E-state index contributed by atoms with van der Waals surface area (Å²) in [5.74, 6) is 0.